The molecule has 3 aromatic rings. The molecule has 4 rings (SSSR count). The molecule has 0 spiro atoms. The van der Waals surface area contributed by atoms with Gasteiger partial charge in [-0.2, -0.15) is 0 Å². The molecule has 0 radical (unpaired) electrons. The third-order valence-electron chi connectivity index (χ3n) is 3.95. The van der Waals surface area contributed by atoms with Crippen molar-refractivity contribution < 1.29 is 18.5 Å². The van der Waals surface area contributed by atoms with Crippen LogP contribution in [0.3, 0.4) is 0 Å². The van der Waals surface area contributed by atoms with Gasteiger partial charge in [-0.25, -0.2) is 4.98 Å². The van der Waals surface area contributed by atoms with Gasteiger partial charge in [0.2, 0.25) is 6.79 Å². The monoisotopic (exact) mass is 400 g/mol. The SMILES string of the molecule is CS(=O)Cc1cccc(C(=O)Nc2nc(-c3ccc4c(c3)OCO4)cs2)c1. The van der Waals surface area contributed by atoms with E-state index in [0.717, 1.165) is 22.6 Å². The Bertz CT molecular complexity index is 1030. The molecule has 1 aromatic heterocycles. The topological polar surface area (TPSA) is 77.5 Å². The van der Waals surface area contributed by atoms with Gasteiger partial charge in [-0.1, -0.05) is 12.1 Å². The second kappa shape index (κ2) is 7.50. The minimum absolute atomic E-state index is 0.224. The average Bonchev–Trinajstić information content (AvgIpc) is 3.29. The first-order valence-corrected chi connectivity index (χ1v) is 10.7. The summed E-state index contributed by atoms with van der Waals surface area (Å²) >= 11 is 1.35. The number of anilines is 1. The van der Waals surface area contributed by atoms with Crippen molar-refractivity contribution in [3.8, 4) is 22.8 Å². The van der Waals surface area contributed by atoms with Crippen LogP contribution in [0, 0.1) is 0 Å². The number of nitrogens with one attached hydrogen (secondary N) is 1. The van der Waals surface area contributed by atoms with E-state index < -0.39 is 10.8 Å². The van der Waals surface area contributed by atoms with Crippen LogP contribution < -0.4 is 14.8 Å². The Labute approximate surface area is 162 Å². The lowest BCUT2D eigenvalue weighted by atomic mass is 10.1. The second-order valence-electron chi connectivity index (χ2n) is 5.98. The predicted octanol–water partition coefficient (Wildman–Crippen LogP) is 3.67. The van der Waals surface area contributed by atoms with E-state index in [0.29, 0.717) is 22.2 Å². The lowest BCUT2D eigenvalue weighted by Gasteiger charge is -2.04. The molecule has 1 unspecified atom stereocenters. The molecule has 27 heavy (non-hydrogen) atoms. The molecule has 1 aliphatic rings. The van der Waals surface area contributed by atoms with Gasteiger partial charge in [-0.15, -0.1) is 11.3 Å². The number of aromatic nitrogens is 1. The van der Waals surface area contributed by atoms with Crippen molar-refractivity contribution in [2.75, 3.05) is 18.4 Å². The van der Waals surface area contributed by atoms with Crippen molar-refractivity contribution in [1.29, 1.82) is 0 Å². The van der Waals surface area contributed by atoms with Crippen molar-refractivity contribution >= 4 is 33.2 Å². The van der Waals surface area contributed by atoms with Gasteiger partial charge < -0.3 is 9.47 Å². The fourth-order valence-corrected chi connectivity index (χ4v) is 4.09. The lowest BCUT2D eigenvalue weighted by Crippen LogP contribution is -2.12. The van der Waals surface area contributed by atoms with Crippen LogP contribution in [0.4, 0.5) is 5.13 Å². The van der Waals surface area contributed by atoms with E-state index in [1.165, 1.54) is 11.3 Å². The number of nitrogens with zero attached hydrogens (tertiary/aromatic N) is 1. The Hall–Kier alpha value is -2.71. The number of benzene rings is 2. The van der Waals surface area contributed by atoms with Gasteiger partial charge in [0.1, 0.15) is 0 Å². The summed E-state index contributed by atoms with van der Waals surface area (Å²) in [5.41, 5.74) is 3.02. The van der Waals surface area contributed by atoms with Crippen LogP contribution in [0.1, 0.15) is 15.9 Å². The Morgan fingerprint density at radius 1 is 1.22 bits per heavy atom. The minimum atomic E-state index is -0.955. The molecule has 0 fully saturated rings. The quantitative estimate of drug-likeness (QED) is 0.707. The zero-order valence-corrected chi connectivity index (χ0v) is 16.1. The minimum Gasteiger partial charge on any atom is -0.454 e. The van der Waals surface area contributed by atoms with Gasteiger partial charge in [-0.3, -0.25) is 14.3 Å². The van der Waals surface area contributed by atoms with E-state index in [1.54, 1.807) is 24.5 Å². The van der Waals surface area contributed by atoms with Crippen LogP contribution in [-0.4, -0.2) is 28.1 Å². The summed E-state index contributed by atoms with van der Waals surface area (Å²) in [6.45, 7) is 0.224. The standard InChI is InChI=1S/C19H16N2O4S2/c1-27(23)10-12-3-2-4-14(7-12)18(22)21-19-20-15(9-26-19)13-5-6-16-17(8-13)25-11-24-16/h2-9H,10-11H2,1H3,(H,20,21,22). The summed E-state index contributed by atoms with van der Waals surface area (Å²) in [7, 11) is -0.955. The van der Waals surface area contributed by atoms with Crippen LogP contribution in [-0.2, 0) is 16.6 Å². The molecule has 6 nitrogen and oxygen atoms in total. The summed E-state index contributed by atoms with van der Waals surface area (Å²) < 4.78 is 22.1. The fraction of sp³-hybridized carbons (Fsp3) is 0.158. The van der Waals surface area contributed by atoms with Gasteiger partial charge in [0.05, 0.1) is 5.69 Å². The molecular weight excluding hydrogens is 384 g/mol. The number of amides is 1. The van der Waals surface area contributed by atoms with E-state index in [9.17, 15) is 9.00 Å². The Morgan fingerprint density at radius 3 is 2.93 bits per heavy atom. The molecule has 1 N–H and O–H groups in total. The molecule has 138 valence electrons. The van der Waals surface area contributed by atoms with Crippen molar-refractivity contribution in [1.82, 2.24) is 4.98 Å². The first kappa shape index (κ1) is 17.7. The largest absolute Gasteiger partial charge is 0.454 e. The molecule has 0 saturated heterocycles. The summed E-state index contributed by atoms with van der Waals surface area (Å²) in [6, 6.07) is 12.8. The van der Waals surface area contributed by atoms with Gasteiger partial charge in [0.15, 0.2) is 16.6 Å². The molecular formula is C19H16N2O4S2. The van der Waals surface area contributed by atoms with Gasteiger partial charge in [0.25, 0.3) is 5.91 Å². The van der Waals surface area contributed by atoms with Crippen LogP contribution in [0.15, 0.2) is 47.8 Å². The van der Waals surface area contributed by atoms with E-state index in [4.69, 9.17) is 9.47 Å². The molecule has 2 aromatic carbocycles. The highest BCUT2D eigenvalue weighted by atomic mass is 32.2. The number of carbonyl (C=O) groups excluding carboxylic acids is 1. The number of fused-ring (bicyclic) bond motifs is 1. The van der Waals surface area contributed by atoms with E-state index in [2.05, 4.69) is 10.3 Å². The molecule has 8 heteroatoms. The number of ether oxygens (including phenoxy) is 2. The number of hydrogen-bond donors (Lipinski definition) is 1. The molecule has 1 amide bonds. The third-order valence-corrected chi connectivity index (χ3v) is 5.45. The molecule has 1 atom stereocenters. The highest BCUT2D eigenvalue weighted by molar-refractivity contribution is 7.83. The molecule has 1 aliphatic heterocycles. The highest BCUT2D eigenvalue weighted by Crippen LogP contribution is 2.36. The van der Waals surface area contributed by atoms with Crippen molar-refractivity contribution in [2.45, 2.75) is 5.75 Å². The molecule has 2 heterocycles. The summed E-state index contributed by atoms with van der Waals surface area (Å²) in [5.74, 6) is 1.59. The number of rotatable bonds is 5. The normalized spacial score (nSPS) is 13.4. The van der Waals surface area contributed by atoms with Crippen molar-refractivity contribution in [2.24, 2.45) is 0 Å². The summed E-state index contributed by atoms with van der Waals surface area (Å²) in [6.07, 6.45) is 1.64. The number of hydrogen-bond acceptors (Lipinski definition) is 6. The molecule has 0 aliphatic carbocycles. The molecule has 0 bridgehead atoms. The second-order valence-corrected chi connectivity index (χ2v) is 8.27. The number of thiazole rings is 1. The maximum atomic E-state index is 12.5. The predicted molar refractivity (Wildman–Crippen MR) is 106 cm³/mol. The van der Waals surface area contributed by atoms with Gasteiger partial charge in [-0.05, 0) is 35.9 Å². The first-order chi connectivity index (χ1) is 13.1. The maximum absolute atomic E-state index is 12.5. The summed E-state index contributed by atoms with van der Waals surface area (Å²) in [4.78, 5) is 17.0. The lowest BCUT2D eigenvalue weighted by molar-refractivity contribution is 0.102. The zero-order valence-electron chi connectivity index (χ0n) is 14.4. The third kappa shape index (κ3) is 4.01. The van der Waals surface area contributed by atoms with Crippen molar-refractivity contribution in [3.05, 3.63) is 59.0 Å². The number of carbonyl (C=O) groups is 1. The summed E-state index contributed by atoms with van der Waals surface area (Å²) in [5, 5.41) is 5.21. The van der Waals surface area contributed by atoms with Crippen molar-refractivity contribution in [3.63, 3.8) is 0 Å². The van der Waals surface area contributed by atoms with Crippen LogP contribution in [0.2, 0.25) is 0 Å². The fourth-order valence-electron chi connectivity index (χ4n) is 2.73. The Kier molecular flexibility index (Phi) is 4.91. The van der Waals surface area contributed by atoms with E-state index in [1.807, 2.05) is 29.6 Å². The van der Waals surface area contributed by atoms with Crippen LogP contribution in [0.25, 0.3) is 11.3 Å². The smallest absolute Gasteiger partial charge is 0.257 e. The van der Waals surface area contributed by atoms with Crippen LogP contribution >= 0.6 is 11.3 Å². The van der Waals surface area contributed by atoms with E-state index >= 15 is 0 Å². The first-order valence-electron chi connectivity index (χ1n) is 8.14. The Balaban J connectivity index is 1.49. The zero-order chi connectivity index (χ0) is 18.8. The van der Waals surface area contributed by atoms with Gasteiger partial charge in [0, 0.05) is 39.3 Å². The average molecular weight is 400 g/mol. The maximum Gasteiger partial charge on any atom is 0.257 e. The highest BCUT2D eigenvalue weighted by Gasteiger charge is 2.16. The molecule has 0 saturated carbocycles. The van der Waals surface area contributed by atoms with Crippen LogP contribution in [0.5, 0.6) is 11.5 Å². The Morgan fingerprint density at radius 2 is 2.07 bits per heavy atom. The van der Waals surface area contributed by atoms with Gasteiger partial charge >= 0.3 is 0 Å². The van der Waals surface area contributed by atoms with E-state index in [-0.39, 0.29) is 12.7 Å².